The predicted molar refractivity (Wildman–Crippen MR) is 84.5 cm³/mol. The highest BCUT2D eigenvalue weighted by atomic mass is 15.1. The highest BCUT2D eigenvalue weighted by Gasteiger charge is 2.22. The van der Waals surface area contributed by atoms with E-state index in [1.54, 1.807) is 0 Å². The number of fused-ring (bicyclic) bond motifs is 6. The van der Waals surface area contributed by atoms with E-state index in [0.29, 0.717) is 0 Å². The fraction of sp³-hybridized carbons (Fsp3) is 0.235. The molecule has 0 fully saturated rings. The molecule has 0 bridgehead atoms. The zero-order chi connectivity index (χ0) is 14.0. The summed E-state index contributed by atoms with van der Waals surface area (Å²) in [6, 6.07) is 6.62. The van der Waals surface area contributed by atoms with E-state index in [9.17, 15) is 0 Å². The molecule has 4 heteroatoms. The Morgan fingerprint density at radius 1 is 1.10 bits per heavy atom. The van der Waals surface area contributed by atoms with Gasteiger partial charge in [-0.1, -0.05) is 0 Å². The first kappa shape index (κ1) is 11.2. The van der Waals surface area contributed by atoms with Gasteiger partial charge in [0.2, 0.25) is 0 Å². The highest BCUT2D eigenvalue weighted by Crippen LogP contribution is 2.37. The summed E-state index contributed by atoms with van der Waals surface area (Å²) in [5, 5.41) is 10.3. The number of rotatable bonds is 0. The second-order valence-corrected chi connectivity index (χ2v) is 5.97. The van der Waals surface area contributed by atoms with Crippen molar-refractivity contribution in [3.63, 3.8) is 0 Å². The SMILES string of the molecule is Cc1[nH]nc2c1CCCc1c-2[nH]c2cc3cc[nH]c3cc12. The molecule has 4 aromatic rings. The minimum absolute atomic E-state index is 1.10. The van der Waals surface area contributed by atoms with Gasteiger partial charge in [-0.2, -0.15) is 5.10 Å². The zero-order valence-corrected chi connectivity index (χ0v) is 11.9. The van der Waals surface area contributed by atoms with E-state index in [0.717, 1.165) is 18.5 Å². The number of hydrogen-bond donors (Lipinski definition) is 3. The molecule has 0 atom stereocenters. The molecule has 3 N–H and O–H groups in total. The molecule has 1 aromatic carbocycles. The van der Waals surface area contributed by atoms with E-state index < -0.39 is 0 Å². The molecule has 0 saturated heterocycles. The lowest BCUT2D eigenvalue weighted by Crippen LogP contribution is -1.87. The number of nitrogens with zero attached hydrogens (tertiary/aromatic N) is 1. The van der Waals surface area contributed by atoms with E-state index in [2.05, 4.69) is 45.3 Å². The maximum Gasteiger partial charge on any atom is 0.112 e. The van der Waals surface area contributed by atoms with Gasteiger partial charge in [0.25, 0.3) is 0 Å². The van der Waals surface area contributed by atoms with E-state index in [1.165, 1.54) is 50.7 Å². The van der Waals surface area contributed by atoms with Crippen LogP contribution in [0.5, 0.6) is 0 Å². The van der Waals surface area contributed by atoms with E-state index in [1.807, 2.05) is 6.20 Å². The Hall–Kier alpha value is -2.49. The molecule has 0 spiro atoms. The molecular formula is C17H16N4. The van der Waals surface area contributed by atoms with Crippen molar-refractivity contribution in [2.75, 3.05) is 0 Å². The molecule has 0 amide bonds. The Bertz CT molecular complexity index is 983. The van der Waals surface area contributed by atoms with Gasteiger partial charge in [0.15, 0.2) is 0 Å². The quantitative estimate of drug-likeness (QED) is 0.449. The third kappa shape index (κ3) is 1.42. The Labute approximate surface area is 121 Å². The van der Waals surface area contributed by atoms with Gasteiger partial charge in [-0.05, 0) is 49.9 Å². The third-order valence-electron chi connectivity index (χ3n) is 4.74. The second-order valence-electron chi connectivity index (χ2n) is 5.97. The van der Waals surface area contributed by atoms with Crippen LogP contribution in [0.15, 0.2) is 24.4 Å². The summed E-state index contributed by atoms with van der Waals surface area (Å²) < 4.78 is 0. The molecule has 21 heavy (non-hydrogen) atoms. The summed E-state index contributed by atoms with van der Waals surface area (Å²) >= 11 is 0. The van der Waals surface area contributed by atoms with Crippen molar-refractivity contribution in [2.24, 2.45) is 0 Å². The van der Waals surface area contributed by atoms with Gasteiger partial charge in [-0.15, -0.1) is 0 Å². The summed E-state index contributed by atoms with van der Waals surface area (Å²) in [7, 11) is 0. The smallest absolute Gasteiger partial charge is 0.112 e. The Kier molecular flexibility index (Phi) is 2.02. The van der Waals surface area contributed by atoms with Crippen molar-refractivity contribution in [3.05, 3.63) is 41.2 Å². The minimum Gasteiger partial charge on any atom is -0.361 e. The van der Waals surface area contributed by atoms with E-state index >= 15 is 0 Å². The maximum absolute atomic E-state index is 4.55. The van der Waals surface area contributed by atoms with Crippen LogP contribution in [0.1, 0.15) is 23.2 Å². The molecule has 104 valence electrons. The van der Waals surface area contributed by atoms with Crippen LogP contribution in [0.2, 0.25) is 0 Å². The molecule has 3 aromatic heterocycles. The molecule has 5 rings (SSSR count). The van der Waals surface area contributed by atoms with Crippen LogP contribution >= 0.6 is 0 Å². The van der Waals surface area contributed by atoms with Gasteiger partial charge in [0.1, 0.15) is 5.69 Å². The number of aromatic amines is 3. The van der Waals surface area contributed by atoms with Crippen LogP contribution in [0, 0.1) is 6.92 Å². The maximum atomic E-state index is 4.55. The summed E-state index contributed by atoms with van der Waals surface area (Å²) in [6.45, 7) is 2.11. The Morgan fingerprint density at radius 3 is 2.95 bits per heavy atom. The van der Waals surface area contributed by atoms with Crippen molar-refractivity contribution in [1.82, 2.24) is 20.2 Å². The normalized spacial score (nSPS) is 14.3. The minimum atomic E-state index is 1.10. The lowest BCUT2D eigenvalue weighted by atomic mass is 10.1. The third-order valence-corrected chi connectivity index (χ3v) is 4.74. The van der Waals surface area contributed by atoms with Crippen molar-refractivity contribution in [3.8, 4) is 11.4 Å². The number of benzene rings is 1. The average Bonchev–Trinajstić information content (AvgIpc) is 3.13. The second kappa shape index (κ2) is 3.79. The molecule has 0 radical (unpaired) electrons. The van der Waals surface area contributed by atoms with Gasteiger partial charge >= 0.3 is 0 Å². The van der Waals surface area contributed by atoms with Crippen molar-refractivity contribution in [2.45, 2.75) is 26.2 Å². The number of aromatic nitrogens is 4. The number of hydrogen-bond acceptors (Lipinski definition) is 1. The van der Waals surface area contributed by atoms with Gasteiger partial charge < -0.3 is 9.97 Å². The molecule has 1 aliphatic carbocycles. The summed E-state index contributed by atoms with van der Waals surface area (Å²) in [5.74, 6) is 0. The van der Waals surface area contributed by atoms with Crippen molar-refractivity contribution in [1.29, 1.82) is 0 Å². The monoisotopic (exact) mass is 276 g/mol. The van der Waals surface area contributed by atoms with Gasteiger partial charge in [-0.3, -0.25) is 5.10 Å². The Morgan fingerprint density at radius 2 is 2.00 bits per heavy atom. The van der Waals surface area contributed by atoms with Gasteiger partial charge in [0.05, 0.1) is 5.69 Å². The fourth-order valence-corrected chi connectivity index (χ4v) is 3.67. The topological polar surface area (TPSA) is 60.3 Å². The van der Waals surface area contributed by atoms with Gasteiger partial charge in [0, 0.05) is 39.3 Å². The summed E-state index contributed by atoms with van der Waals surface area (Å²) in [5.41, 5.74) is 8.70. The Balaban J connectivity index is 1.89. The van der Waals surface area contributed by atoms with E-state index in [4.69, 9.17) is 0 Å². The first-order chi connectivity index (χ1) is 10.3. The predicted octanol–water partition coefficient (Wildman–Crippen LogP) is 3.84. The standard InChI is InChI=1S/C17H16N4/c1-9-11-3-2-4-12-13-8-14-10(5-6-18-14)7-15(13)19-16(12)17(11)21-20-9/h5-8,18-19H,2-4H2,1H3,(H,20,21). The summed E-state index contributed by atoms with van der Waals surface area (Å²) in [4.78, 5) is 6.92. The highest BCUT2D eigenvalue weighted by molar-refractivity contribution is 6.00. The van der Waals surface area contributed by atoms with Gasteiger partial charge in [-0.25, -0.2) is 0 Å². The summed E-state index contributed by atoms with van der Waals surface area (Å²) in [6.07, 6.45) is 5.39. The molecule has 0 aliphatic heterocycles. The number of aryl methyl sites for hydroxylation is 2. The van der Waals surface area contributed by atoms with Crippen LogP contribution < -0.4 is 0 Å². The van der Waals surface area contributed by atoms with E-state index in [-0.39, 0.29) is 0 Å². The van der Waals surface area contributed by atoms with Crippen LogP contribution in [-0.2, 0) is 12.8 Å². The number of nitrogens with one attached hydrogen (secondary N) is 3. The molecular weight excluding hydrogens is 260 g/mol. The van der Waals surface area contributed by atoms with Crippen molar-refractivity contribution >= 4 is 21.8 Å². The van der Waals surface area contributed by atoms with Crippen LogP contribution in [0.25, 0.3) is 33.2 Å². The largest absolute Gasteiger partial charge is 0.361 e. The van der Waals surface area contributed by atoms with Crippen LogP contribution in [0.4, 0.5) is 0 Å². The fourth-order valence-electron chi connectivity index (χ4n) is 3.67. The number of H-pyrrole nitrogens is 3. The lowest BCUT2D eigenvalue weighted by molar-refractivity contribution is 0.832. The average molecular weight is 276 g/mol. The molecule has 3 heterocycles. The molecule has 0 unspecified atom stereocenters. The van der Waals surface area contributed by atoms with Crippen LogP contribution in [-0.4, -0.2) is 20.2 Å². The first-order valence-corrected chi connectivity index (χ1v) is 7.47. The molecule has 0 saturated carbocycles. The first-order valence-electron chi connectivity index (χ1n) is 7.47. The molecule has 4 nitrogen and oxygen atoms in total. The zero-order valence-electron chi connectivity index (χ0n) is 11.9. The molecule has 1 aliphatic rings. The van der Waals surface area contributed by atoms with Crippen LogP contribution in [0.3, 0.4) is 0 Å². The van der Waals surface area contributed by atoms with Crippen molar-refractivity contribution < 1.29 is 0 Å². The lowest BCUT2D eigenvalue weighted by Gasteiger charge is -1.98.